The van der Waals surface area contributed by atoms with E-state index in [2.05, 4.69) is 45.9 Å². The fraction of sp³-hybridized carbons (Fsp3) is 0.600. The standard InChI is InChI=1S/C20H34N4O/c1-5-9-21-11-15-23(16-12-21)19(7-3)25-20(8-4)24-17-13-22(10-6-2)14-18-24/h5-8,19-20H,1-4,9-18H2. The summed E-state index contributed by atoms with van der Waals surface area (Å²) in [6, 6.07) is 0. The van der Waals surface area contributed by atoms with Crippen LogP contribution in [0.5, 0.6) is 0 Å². The number of piperazine rings is 2. The highest BCUT2D eigenvalue weighted by atomic mass is 16.5. The second-order valence-corrected chi connectivity index (χ2v) is 6.64. The summed E-state index contributed by atoms with van der Waals surface area (Å²) in [5, 5.41) is 0. The molecule has 2 unspecified atom stereocenters. The molecule has 0 aromatic rings. The lowest BCUT2D eigenvalue weighted by molar-refractivity contribution is -0.126. The van der Waals surface area contributed by atoms with Crippen LogP contribution in [-0.4, -0.2) is 97.5 Å². The van der Waals surface area contributed by atoms with Crippen LogP contribution >= 0.6 is 0 Å². The van der Waals surface area contributed by atoms with Crippen molar-refractivity contribution >= 4 is 0 Å². The van der Waals surface area contributed by atoms with Crippen molar-refractivity contribution in [2.24, 2.45) is 0 Å². The molecule has 0 spiro atoms. The first-order valence-electron chi connectivity index (χ1n) is 9.27. The van der Waals surface area contributed by atoms with E-state index in [1.165, 1.54) is 0 Å². The van der Waals surface area contributed by atoms with Crippen molar-refractivity contribution in [1.82, 2.24) is 19.6 Å². The molecule has 2 saturated heterocycles. The topological polar surface area (TPSA) is 22.2 Å². The van der Waals surface area contributed by atoms with Gasteiger partial charge in [-0.15, -0.1) is 13.2 Å². The molecule has 2 rings (SSSR count). The third-order valence-corrected chi connectivity index (χ3v) is 4.99. The Morgan fingerprint density at radius 3 is 1.28 bits per heavy atom. The molecule has 2 atom stereocenters. The van der Waals surface area contributed by atoms with E-state index in [1.807, 2.05) is 24.3 Å². The van der Waals surface area contributed by atoms with Crippen molar-refractivity contribution in [2.75, 3.05) is 65.4 Å². The molecule has 5 nitrogen and oxygen atoms in total. The molecule has 2 aliphatic rings. The zero-order chi connectivity index (χ0) is 18.1. The van der Waals surface area contributed by atoms with Crippen LogP contribution in [0.15, 0.2) is 50.6 Å². The van der Waals surface area contributed by atoms with Crippen LogP contribution in [0.25, 0.3) is 0 Å². The van der Waals surface area contributed by atoms with Crippen molar-refractivity contribution in [3.8, 4) is 0 Å². The Labute approximate surface area is 153 Å². The van der Waals surface area contributed by atoms with Gasteiger partial charge in [0.2, 0.25) is 0 Å². The Bertz CT molecular complexity index is 397. The molecule has 0 bridgehead atoms. The van der Waals surface area contributed by atoms with Crippen LogP contribution in [-0.2, 0) is 4.74 Å². The first kappa shape index (κ1) is 20.1. The summed E-state index contributed by atoms with van der Waals surface area (Å²) >= 11 is 0. The molecule has 2 heterocycles. The fourth-order valence-corrected chi connectivity index (χ4v) is 3.49. The van der Waals surface area contributed by atoms with Gasteiger partial charge in [0.05, 0.1) is 0 Å². The van der Waals surface area contributed by atoms with E-state index in [0.717, 1.165) is 65.4 Å². The van der Waals surface area contributed by atoms with Crippen molar-refractivity contribution in [3.05, 3.63) is 50.6 Å². The van der Waals surface area contributed by atoms with Crippen LogP contribution in [0.2, 0.25) is 0 Å². The summed E-state index contributed by atoms with van der Waals surface area (Å²) in [5.74, 6) is 0. The van der Waals surface area contributed by atoms with E-state index < -0.39 is 0 Å². The van der Waals surface area contributed by atoms with Crippen molar-refractivity contribution in [3.63, 3.8) is 0 Å². The normalized spacial score (nSPS) is 23.7. The van der Waals surface area contributed by atoms with Gasteiger partial charge < -0.3 is 4.74 Å². The second kappa shape index (κ2) is 10.7. The van der Waals surface area contributed by atoms with Gasteiger partial charge in [0, 0.05) is 65.4 Å². The van der Waals surface area contributed by atoms with Gasteiger partial charge in [0.25, 0.3) is 0 Å². The van der Waals surface area contributed by atoms with Crippen molar-refractivity contribution < 1.29 is 4.74 Å². The zero-order valence-corrected chi connectivity index (χ0v) is 15.6. The van der Waals surface area contributed by atoms with Crippen LogP contribution in [0.1, 0.15) is 0 Å². The summed E-state index contributed by atoms with van der Waals surface area (Å²) < 4.78 is 6.36. The average Bonchev–Trinajstić information content (AvgIpc) is 2.65. The van der Waals surface area contributed by atoms with Gasteiger partial charge in [-0.05, 0) is 12.2 Å². The first-order valence-corrected chi connectivity index (χ1v) is 9.27. The Morgan fingerprint density at radius 2 is 1.00 bits per heavy atom. The molecule has 0 amide bonds. The molecular weight excluding hydrogens is 312 g/mol. The van der Waals surface area contributed by atoms with Gasteiger partial charge in [-0.25, -0.2) is 0 Å². The fourth-order valence-electron chi connectivity index (χ4n) is 3.49. The predicted molar refractivity (Wildman–Crippen MR) is 105 cm³/mol. The smallest absolute Gasteiger partial charge is 0.132 e. The largest absolute Gasteiger partial charge is 0.338 e. The molecule has 140 valence electrons. The molecule has 0 radical (unpaired) electrons. The number of hydrogen-bond donors (Lipinski definition) is 0. The lowest BCUT2D eigenvalue weighted by Gasteiger charge is -2.42. The van der Waals surface area contributed by atoms with E-state index in [1.54, 1.807) is 0 Å². The van der Waals surface area contributed by atoms with E-state index in [9.17, 15) is 0 Å². The molecule has 0 N–H and O–H groups in total. The maximum atomic E-state index is 6.36. The van der Waals surface area contributed by atoms with Gasteiger partial charge in [0.15, 0.2) is 0 Å². The summed E-state index contributed by atoms with van der Waals surface area (Å²) in [7, 11) is 0. The molecule has 0 aromatic heterocycles. The highest BCUT2D eigenvalue weighted by Crippen LogP contribution is 2.15. The van der Waals surface area contributed by atoms with Crippen LogP contribution in [0.3, 0.4) is 0 Å². The molecule has 25 heavy (non-hydrogen) atoms. The number of nitrogens with zero attached hydrogens (tertiary/aromatic N) is 4. The molecule has 0 saturated carbocycles. The Balaban J connectivity index is 1.84. The monoisotopic (exact) mass is 346 g/mol. The van der Waals surface area contributed by atoms with Gasteiger partial charge >= 0.3 is 0 Å². The average molecular weight is 347 g/mol. The summed E-state index contributed by atoms with van der Waals surface area (Å²) in [5.41, 5.74) is 0. The van der Waals surface area contributed by atoms with Crippen molar-refractivity contribution in [2.45, 2.75) is 12.5 Å². The molecule has 0 aromatic carbocycles. The minimum Gasteiger partial charge on any atom is -0.338 e. The molecule has 5 heteroatoms. The van der Waals surface area contributed by atoms with E-state index >= 15 is 0 Å². The second-order valence-electron chi connectivity index (χ2n) is 6.64. The first-order chi connectivity index (χ1) is 12.2. The maximum Gasteiger partial charge on any atom is 0.132 e. The Morgan fingerprint density at radius 1 is 0.640 bits per heavy atom. The SMILES string of the molecule is C=CCN1CCN(C(C=C)OC(C=C)N2CCN(CC=C)CC2)CC1. The summed E-state index contributed by atoms with van der Waals surface area (Å²) in [6.45, 7) is 25.7. The van der Waals surface area contributed by atoms with E-state index in [0.29, 0.717) is 0 Å². The molecule has 2 fully saturated rings. The number of rotatable bonds is 10. The molecular formula is C20H34N4O. The van der Waals surface area contributed by atoms with Crippen LogP contribution in [0, 0.1) is 0 Å². The third-order valence-electron chi connectivity index (χ3n) is 4.99. The summed E-state index contributed by atoms with van der Waals surface area (Å²) in [6.07, 6.45) is 7.62. The van der Waals surface area contributed by atoms with Gasteiger partial charge in [-0.3, -0.25) is 19.6 Å². The minimum absolute atomic E-state index is 0.0694. The van der Waals surface area contributed by atoms with Gasteiger partial charge in [0.1, 0.15) is 12.5 Å². The van der Waals surface area contributed by atoms with E-state index in [4.69, 9.17) is 4.74 Å². The molecule has 2 aliphatic heterocycles. The quantitative estimate of drug-likeness (QED) is 0.559. The summed E-state index contributed by atoms with van der Waals surface area (Å²) in [4.78, 5) is 9.54. The highest BCUT2D eigenvalue weighted by molar-refractivity contribution is 4.91. The van der Waals surface area contributed by atoms with E-state index in [-0.39, 0.29) is 12.5 Å². The van der Waals surface area contributed by atoms with Crippen LogP contribution < -0.4 is 0 Å². The number of hydrogen-bond acceptors (Lipinski definition) is 5. The maximum absolute atomic E-state index is 6.36. The lowest BCUT2D eigenvalue weighted by Crippen LogP contribution is -2.54. The Kier molecular flexibility index (Phi) is 8.58. The third kappa shape index (κ3) is 5.90. The Hall–Kier alpha value is -1.24. The van der Waals surface area contributed by atoms with Gasteiger partial charge in [-0.2, -0.15) is 0 Å². The van der Waals surface area contributed by atoms with Gasteiger partial charge in [-0.1, -0.05) is 25.3 Å². The predicted octanol–water partition coefficient (Wildman–Crippen LogP) is 1.63. The van der Waals surface area contributed by atoms with Crippen LogP contribution in [0.4, 0.5) is 0 Å². The lowest BCUT2D eigenvalue weighted by atomic mass is 10.2. The zero-order valence-electron chi connectivity index (χ0n) is 15.6. The highest BCUT2D eigenvalue weighted by Gasteiger charge is 2.27. The minimum atomic E-state index is -0.0694. The molecule has 0 aliphatic carbocycles. The van der Waals surface area contributed by atoms with Crippen molar-refractivity contribution in [1.29, 1.82) is 0 Å². The number of ether oxygens (including phenoxy) is 1.